The van der Waals surface area contributed by atoms with Gasteiger partial charge in [-0.2, -0.15) is 4.31 Å². The molecule has 0 unspecified atom stereocenters. The van der Waals surface area contributed by atoms with Crippen molar-refractivity contribution in [2.24, 2.45) is 7.05 Å². The van der Waals surface area contributed by atoms with Crippen LogP contribution >= 0.6 is 11.3 Å². The van der Waals surface area contributed by atoms with Gasteiger partial charge in [-0.3, -0.25) is 0 Å². The van der Waals surface area contributed by atoms with Crippen molar-refractivity contribution >= 4 is 21.4 Å². The van der Waals surface area contributed by atoms with Crippen LogP contribution in [0, 0.1) is 12.7 Å². The molecule has 2 aromatic heterocycles. The monoisotopic (exact) mass is 455 g/mol. The average Bonchev–Trinajstić information content (AvgIpc) is 3.35. The molecule has 0 aliphatic heterocycles. The number of hydrogen-bond donors (Lipinski definition) is 0. The molecule has 0 spiro atoms. The van der Waals surface area contributed by atoms with E-state index in [4.69, 9.17) is 0 Å². The highest BCUT2D eigenvalue weighted by Gasteiger charge is 2.27. The van der Waals surface area contributed by atoms with Crippen molar-refractivity contribution in [3.8, 4) is 22.0 Å². The molecular weight excluding hydrogens is 433 g/mol. The van der Waals surface area contributed by atoms with Gasteiger partial charge in [0, 0.05) is 37.3 Å². The molecule has 0 saturated heterocycles. The van der Waals surface area contributed by atoms with E-state index in [2.05, 4.69) is 4.98 Å². The first kappa shape index (κ1) is 21.4. The fourth-order valence-corrected chi connectivity index (χ4v) is 5.68. The molecule has 0 radical (unpaired) electrons. The summed E-state index contributed by atoms with van der Waals surface area (Å²) in [6, 6.07) is 17.3. The zero-order valence-corrected chi connectivity index (χ0v) is 19.0. The minimum Gasteiger partial charge on any atom is -0.345 e. The second-order valence-corrected chi connectivity index (χ2v) is 10.2. The number of rotatable bonds is 6. The highest BCUT2D eigenvalue weighted by atomic mass is 32.2. The second-order valence-electron chi connectivity index (χ2n) is 7.33. The van der Waals surface area contributed by atoms with Crippen LogP contribution in [0.5, 0.6) is 0 Å². The van der Waals surface area contributed by atoms with Gasteiger partial charge in [-0.1, -0.05) is 30.3 Å². The van der Waals surface area contributed by atoms with Crippen molar-refractivity contribution in [2.75, 3.05) is 7.05 Å². The lowest BCUT2D eigenvalue weighted by Crippen LogP contribution is -2.26. The minimum absolute atomic E-state index is 0.266. The molecule has 0 amide bonds. The van der Waals surface area contributed by atoms with E-state index in [0.29, 0.717) is 17.2 Å². The van der Waals surface area contributed by atoms with Crippen molar-refractivity contribution in [2.45, 2.75) is 18.4 Å². The molecule has 5 nitrogen and oxygen atoms in total. The van der Waals surface area contributed by atoms with Gasteiger partial charge in [0.15, 0.2) is 0 Å². The maximum Gasteiger partial charge on any atom is 0.244 e. The molecule has 2 aromatic carbocycles. The largest absolute Gasteiger partial charge is 0.345 e. The zero-order valence-electron chi connectivity index (χ0n) is 17.4. The topological polar surface area (TPSA) is 55.2 Å². The first-order chi connectivity index (χ1) is 14.8. The van der Waals surface area contributed by atoms with Crippen LogP contribution in [0.25, 0.3) is 22.0 Å². The number of hydrogen-bond acceptors (Lipinski definition) is 4. The predicted molar refractivity (Wildman–Crippen MR) is 122 cm³/mol. The van der Waals surface area contributed by atoms with Crippen LogP contribution in [-0.2, 0) is 23.6 Å². The molecule has 2 heterocycles. The lowest BCUT2D eigenvalue weighted by atomic mass is 10.2. The molecule has 0 bridgehead atoms. The summed E-state index contributed by atoms with van der Waals surface area (Å²) in [4.78, 5) is 4.92. The Kier molecular flexibility index (Phi) is 5.79. The van der Waals surface area contributed by atoms with Gasteiger partial charge >= 0.3 is 0 Å². The number of benzene rings is 2. The van der Waals surface area contributed by atoms with Crippen molar-refractivity contribution < 1.29 is 12.8 Å². The molecule has 0 saturated carbocycles. The van der Waals surface area contributed by atoms with Gasteiger partial charge in [-0.25, -0.2) is 17.8 Å². The fraction of sp³-hybridized carbons (Fsp3) is 0.174. The molecule has 0 aliphatic carbocycles. The van der Waals surface area contributed by atoms with Gasteiger partial charge in [0.2, 0.25) is 10.0 Å². The molecule has 4 rings (SSSR count). The molecular formula is C23H22FN3O2S2. The molecule has 4 aromatic rings. The van der Waals surface area contributed by atoms with Crippen molar-refractivity contribution in [1.82, 2.24) is 13.9 Å². The Bertz CT molecular complexity index is 1310. The van der Waals surface area contributed by atoms with Crippen LogP contribution in [-0.4, -0.2) is 29.3 Å². The van der Waals surface area contributed by atoms with E-state index >= 15 is 0 Å². The minimum atomic E-state index is -3.68. The van der Waals surface area contributed by atoms with Crippen LogP contribution in [0.15, 0.2) is 70.9 Å². The van der Waals surface area contributed by atoms with Gasteiger partial charge in [0.1, 0.15) is 15.7 Å². The van der Waals surface area contributed by atoms with Crippen LogP contribution in [0.1, 0.15) is 11.3 Å². The first-order valence-electron chi connectivity index (χ1n) is 9.66. The quantitative estimate of drug-likeness (QED) is 0.407. The summed E-state index contributed by atoms with van der Waals surface area (Å²) in [5, 5.41) is 2.60. The number of thiazole rings is 1. The second kappa shape index (κ2) is 8.37. The lowest BCUT2D eigenvalue weighted by Gasteiger charge is -2.17. The summed E-state index contributed by atoms with van der Waals surface area (Å²) < 4.78 is 43.0. The van der Waals surface area contributed by atoms with Gasteiger partial charge in [0.25, 0.3) is 0 Å². The van der Waals surface area contributed by atoms with Gasteiger partial charge in [-0.15, -0.1) is 11.3 Å². The van der Waals surface area contributed by atoms with Crippen LogP contribution in [0.2, 0.25) is 0 Å². The molecule has 0 fully saturated rings. The normalized spacial score (nSPS) is 11.9. The van der Waals surface area contributed by atoms with Gasteiger partial charge < -0.3 is 4.57 Å². The number of halogens is 1. The van der Waals surface area contributed by atoms with Crippen LogP contribution in [0.3, 0.4) is 0 Å². The number of aromatic nitrogens is 2. The fourth-order valence-electron chi connectivity index (χ4n) is 3.38. The third-order valence-electron chi connectivity index (χ3n) is 5.29. The maximum atomic E-state index is 13.3. The average molecular weight is 456 g/mol. The van der Waals surface area contributed by atoms with Gasteiger partial charge in [-0.05, 0) is 42.8 Å². The Morgan fingerprint density at radius 1 is 1.10 bits per heavy atom. The van der Waals surface area contributed by atoms with Gasteiger partial charge in [0.05, 0.1) is 11.4 Å². The third-order valence-corrected chi connectivity index (χ3v) is 8.07. The van der Waals surface area contributed by atoms with E-state index in [0.717, 1.165) is 22.5 Å². The molecule has 31 heavy (non-hydrogen) atoms. The Balaban J connectivity index is 1.66. The van der Waals surface area contributed by atoms with E-state index in [-0.39, 0.29) is 10.7 Å². The van der Waals surface area contributed by atoms with Crippen molar-refractivity contribution in [1.29, 1.82) is 0 Å². The predicted octanol–water partition coefficient (Wildman–Crippen LogP) is 5.08. The summed E-state index contributed by atoms with van der Waals surface area (Å²) in [5.41, 5.74) is 3.83. The first-order valence-corrected chi connectivity index (χ1v) is 12.0. The van der Waals surface area contributed by atoms with Crippen molar-refractivity contribution in [3.05, 3.63) is 83.1 Å². The third kappa shape index (κ3) is 4.19. The van der Waals surface area contributed by atoms with Crippen LogP contribution < -0.4 is 0 Å². The Morgan fingerprint density at radius 2 is 1.77 bits per heavy atom. The van der Waals surface area contributed by atoms with E-state index in [9.17, 15) is 12.8 Å². The summed E-state index contributed by atoms with van der Waals surface area (Å²) in [5.74, 6) is -0.299. The van der Waals surface area contributed by atoms with E-state index in [1.54, 1.807) is 32.2 Å². The lowest BCUT2D eigenvalue weighted by molar-refractivity contribution is 0.466. The molecule has 0 aliphatic rings. The summed E-state index contributed by atoms with van der Waals surface area (Å²) in [6.45, 7) is 2.08. The van der Waals surface area contributed by atoms with Crippen molar-refractivity contribution in [3.63, 3.8) is 0 Å². The molecule has 0 atom stereocenters. The standard InChI is InChI=1S/C23H22FN3O2S2/c1-16-22(31(28,29)26(2)14-17-7-5-4-6-8-17)13-21(27(16)3)23-25-20(15-30-23)18-9-11-19(24)12-10-18/h4-13,15H,14H2,1-3H3. The highest BCUT2D eigenvalue weighted by molar-refractivity contribution is 7.89. The summed E-state index contributed by atoms with van der Waals surface area (Å²) in [6.07, 6.45) is 0. The molecule has 0 N–H and O–H groups in total. The number of nitrogens with zero attached hydrogens (tertiary/aromatic N) is 3. The maximum absolute atomic E-state index is 13.3. The smallest absolute Gasteiger partial charge is 0.244 e. The summed E-state index contributed by atoms with van der Waals surface area (Å²) >= 11 is 1.43. The van der Waals surface area contributed by atoms with E-state index in [1.807, 2.05) is 47.3 Å². The summed E-state index contributed by atoms with van der Waals surface area (Å²) in [7, 11) is -0.259. The van der Waals surface area contributed by atoms with Crippen LogP contribution in [0.4, 0.5) is 4.39 Å². The molecule has 8 heteroatoms. The van der Waals surface area contributed by atoms with E-state index < -0.39 is 10.0 Å². The Labute approximate surface area is 185 Å². The zero-order chi connectivity index (χ0) is 22.2. The number of sulfonamides is 1. The Morgan fingerprint density at radius 3 is 2.45 bits per heavy atom. The molecule has 160 valence electrons. The highest BCUT2D eigenvalue weighted by Crippen LogP contribution is 2.33. The SMILES string of the molecule is Cc1c(S(=O)(=O)N(C)Cc2ccccc2)cc(-c2nc(-c3ccc(F)cc3)cs2)n1C. The Hall–Kier alpha value is -2.81. The van der Waals surface area contributed by atoms with E-state index in [1.165, 1.54) is 27.8 Å².